The van der Waals surface area contributed by atoms with Gasteiger partial charge in [0.2, 0.25) is 0 Å². The Labute approximate surface area is 110 Å². The molecular formula is C13H17NO5. The third-order valence-electron chi connectivity index (χ3n) is 2.63. The number of carbonyl (C=O) groups is 2. The molecule has 1 unspecified atom stereocenters. The molecule has 0 amide bonds. The van der Waals surface area contributed by atoms with Crippen LogP contribution in [-0.2, 0) is 20.9 Å². The third kappa shape index (κ3) is 5.50. The number of hydrogen-bond acceptors (Lipinski definition) is 4. The number of benzene rings is 1. The van der Waals surface area contributed by atoms with E-state index in [1.807, 2.05) is 30.3 Å². The molecule has 0 aliphatic carbocycles. The zero-order valence-electron chi connectivity index (χ0n) is 10.4. The summed E-state index contributed by atoms with van der Waals surface area (Å²) in [4.78, 5) is 21.5. The monoisotopic (exact) mass is 267 g/mol. The van der Waals surface area contributed by atoms with Crippen LogP contribution in [0.2, 0.25) is 0 Å². The Morgan fingerprint density at radius 1 is 1.11 bits per heavy atom. The highest BCUT2D eigenvalue weighted by atomic mass is 16.5. The Hall–Kier alpha value is -1.92. The average molecular weight is 267 g/mol. The average Bonchev–Trinajstić information content (AvgIpc) is 2.39. The number of ether oxygens (including phenoxy) is 1. The van der Waals surface area contributed by atoms with E-state index in [1.54, 1.807) is 0 Å². The quantitative estimate of drug-likeness (QED) is 0.644. The Bertz CT molecular complexity index is 420. The van der Waals surface area contributed by atoms with Gasteiger partial charge >= 0.3 is 11.9 Å². The summed E-state index contributed by atoms with van der Waals surface area (Å²) in [7, 11) is 0. The van der Waals surface area contributed by atoms with Gasteiger partial charge in [0.05, 0.1) is 6.61 Å². The van der Waals surface area contributed by atoms with Crippen LogP contribution in [0.15, 0.2) is 30.3 Å². The van der Waals surface area contributed by atoms with E-state index >= 15 is 0 Å². The van der Waals surface area contributed by atoms with Crippen LogP contribution in [0.1, 0.15) is 18.4 Å². The van der Waals surface area contributed by atoms with Crippen LogP contribution in [0.4, 0.5) is 0 Å². The van der Waals surface area contributed by atoms with Crippen molar-refractivity contribution in [1.82, 2.24) is 0 Å². The summed E-state index contributed by atoms with van der Waals surface area (Å²) in [6.45, 7) is 0.167. The molecular weight excluding hydrogens is 250 g/mol. The van der Waals surface area contributed by atoms with Crippen molar-refractivity contribution in [3.8, 4) is 0 Å². The van der Waals surface area contributed by atoms with Gasteiger partial charge in [0.1, 0.15) is 6.04 Å². The minimum atomic E-state index is -1.15. The zero-order valence-corrected chi connectivity index (χ0v) is 10.4. The Morgan fingerprint density at radius 3 is 2.26 bits per heavy atom. The molecule has 1 rings (SSSR count). The van der Waals surface area contributed by atoms with E-state index in [1.165, 1.54) is 0 Å². The summed E-state index contributed by atoms with van der Waals surface area (Å²) < 4.78 is 5.27. The number of carboxylic acid groups (broad SMARTS) is 2. The van der Waals surface area contributed by atoms with E-state index < -0.39 is 24.1 Å². The summed E-state index contributed by atoms with van der Waals surface area (Å²) >= 11 is 0. The molecule has 0 heterocycles. The van der Waals surface area contributed by atoms with Crippen molar-refractivity contribution in [3.63, 3.8) is 0 Å². The standard InChI is InChI=1S/C13H17NO5/c14-10(12(15)16)6-7-11(13(17)18)19-8-9-4-2-1-3-5-9/h1-5,10-11H,6-8,14H2,(H,15,16)(H,17,18)/t10-,11?/m0/s1. The fraction of sp³-hybridized carbons (Fsp3) is 0.385. The lowest BCUT2D eigenvalue weighted by atomic mass is 10.1. The molecule has 0 spiro atoms. The van der Waals surface area contributed by atoms with Gasteiger partial charge in [-0.15, -0.1) is 0 Å². The number of hydrogen-bond donors (Lipinski definition) is 3. The second-order valence-corrected chi connectivity index (χ2v) is 4.15. The smallest absolute Gasteiger partial charge is 0.332 e. The molecule has 0 radical (unpaired) electrons. The van der Waals surface area contributed by atoms with Crippen LogP contribution < -0.4 is 5.73 Å². The molecule has 2 atom stereocenters. The lowest BCUT2D eigenvalue weighted by molar-refractivity contribution is -0.152. The molecule has 0 aliphatic heterocycles. The van der Waals surface area contributed by atoms with Crippen LogP contribution in [0, 0.1) is 0 Å². The summed E-state index contributed by atoms with van der Waals surface area (Å²) in [6, 6.07) is 8.08. The van der Waals surface area contributed by atoms with Gasteiger partial charge in [0, 0.05) is 0 Å². The molecule has 0 bridgehead atoms. The van der Waals surface area contributed by atoms with Gasteiger partial charge in [-0.1, -0.05) is 30.3 Å². The SMILES string of the molecule is N[C@@H](CCC(OCc1ccccc1)C(=O)O)C(=O)O. The normalized spacial score (nSPS) is 13.7. The first kappa shape index (κ1) is 15.1. The second-order valence-electron chi connectivity index (χ2n) is 4.15. The van der Waals surface area contributed by atoms with Crippen LogP contribution in [0.5, 0.6) is 0 Å². The van der Waals surface area contributed by atoms with Gasteiger partial charge in [0.25, 0.3) is 0 Å². The molecule has 0 saturated carbocycles. The molecule has 0 fully saturated rings. The van der Waals surface area contributed by atoms with Crippen molar-refractivity contribution in [2.45, 2.75) is 31.6 Å². The molecule has 0 aliphatic rings. The predicted molar refractivity (Wildman–Crippen MR) is 67.5 cm³/mol. The Balaban J connectivity index is 2.45. The van der Waals surface area contributed by atoms with Gasteiger partial charge in [-0.3, -0.25) is 4.79 Å². The van der Waals surface area contributed by atoms with Crippen molar-refractivity contribution in [1.29, 1.82) is 0 Å². The highest BCUT2D eigenvalue weighted by Crippen LogP contribution is 2.09. The first-order valence-electron chi connectivity index (χ1n) is 5.87. The van der Waals surface area contributed by atoms with E-state index in [4.69, 9.17) is 20.7 Å². The summed E-state index contributed by atoms with van der Waals surface area (Å²) in [6.07, 6.45) is -0.929. The molecule has 0 aromatic heterocycles. The largest absolute Gasteiger partial charge is 0.480 e. The summed E-state index contributed by atoms with van der Waals surface area (Å²) in [5, 5.41) is 17.6. The number of nitrogens with two attached hydrogens (primary N) is 1. The van der Waals surface area contributed by atoms with Crippen LogP contribution >= 0.6 is 0 Å². The molecule has 19 heavy (non-hydrogen) atoms. The lowest BCUT2D eigenvalue weighted by Gasteiger charge is -2.15. The van der Waals surface area contributed by atoms with Crippen molar-refractivity contribution >= 4 is 11.9 Å². The molecule has 0 saturated heterocycles. The first-order chi connectivity index (χ1) is 9.00. The van der Waals surface area contributed by atoms with E-state index in [9.17, 15) is 9.59 Å². The van der Waals surface area contributed by atoms with E-state index in [2.05, 4.69) is 0 Å². The van der Waals surface area contributed by atoms with Gasteiger partial charge in [-0.25, -0.2) is 4.79 Å². The highest BCUT2D eigenvalue weighted by molar-refractivity contribution is 5.74. The summed E-state index contributed by atoms with van der Waals surface area (Å²) in [5.41, 5.74) is 6.18. The number of aliphatic carboxylic acids is 2. The van der Waals surface area contributed by atoms with Gasteiger partial charge in [-0.05, 0) is 18.4 Å². The van der Waals surface area contributed by atoms with Crippen LogP contribution in [0.25, 0.3) is 0 Å². The van der Waals surface area contributed by atoms with E-state index in [-0.39, 0.29) is 19.4 Å². The molecule has 6 nitrogen and oxygen atoms in total. The first-order valence-corrected chi connectivity index (χ1v) is 5.87. The number of rotatable bonds is 8. The minimum absolute atomic E-state index is 0.0566. The maximum Gasteiger partial charge on any atom is 0.332 e. The molecule has 1 aromatic rings. The van der Waals surface area contributed by atoms with Crippen molar-refractivity contribution in [3.05, 3.63) is 35.9 Å². The van der Waals surface area contributed by atoms with Gasteiger partial charge < -0.3 is 20.7 Å². The fourth-order valence-corrected chi connectivity index (χ4v) is 1.50. The van der Waals surface area contributed by atoms with Crippen molar-refractivity contribution in [2.24, 2.45) is 5.73 Å². The molecule has 104 valence electrons. The Kier molecular flexibility index (Phi) is 5.98. The summed E-state index contributed by atoms with van der Waals surface area (Å²) in [5.74, 6) is -2.26. The Morgan fingerprint density at radius 2 is 1.74 bits per heavy atom. The molecule has 4 N–H and O–H groups in total. The van der Waals surface area contributed by atoms with Crippen molar-refractivity contribution < 1.29 is 24.5 Å². The maximum atomic E-state index is 11.0. The molecule has 6 heteroatoms. The zero-order chi connectivity index (χ0) is 14.3. The fourth-order valence-electron chi connectivity index (χ4n) is 1.50. The van der Waals surface area contributed by atoms with Crippen molar-refractivity contribution in [2.75, 3.05) is 0 Å². The van der Waals surface area contributed by atoms with Crippen LogP contribution in [0.3, 0.4) is 0 Å². The lowest BCUT2D eigenvalue weighted by Crippen LogP contribution is -2.33. The minimum Gasteiger partial charge on any atom is -0.480 e. The van der Waals surface area contributed by atoms with Gasteiger partial charge in [0.15, 0.2) is 6.10 Å². The van der Waals surface area contributed by atoms with Crippen LogP contribution in [-0.4, -0.2) is 34.3 Å². The maximum absolute atomic E-state index is 11.0. The number of carboxylic acids is 2. The predicted octanol–water partition coefficient (Wildman–Crippen LogP) is 0.848. The molecule has 1 aromatic carbocycles. The van der Waals surface area contributed by atoms with Gasteiger partial charge in [-0.2, -0.15) is 0 Å². The van der Waals surface area contributed by atoms with E-state index in [0.717, 1.165) is 5.56 Å². The highest BCUT2D eigenvalue weighted by Gasteiger charge is 2.21. The third-order valence-corrected chi connectivity index (χ3v) is 2.63. The van der Waals surface area contributed by atoms with E-state index in [0.29, 0.717) is 0 Å². The second kappa shape index (κ2) is 7.50. The topological polar surface area (TPSA) is 110 Å².